The Morgan fingerprint density at radius 3 is 2.38 bits per heavy atom. The van der Waals surface area contributed by atoms with E-state index in [-0.39, 0.29) is 6.10 Å². The maximum atomic E-state index is 11.4. The molecule has 0 aromatic carbocycles. The van der Waals surface area contributed by atoms with Gasteiger partial charge in [0.1, 0.15) is 0 Å². The summed E-state index contributed by atoms with van der Waals surface area (Å²) in [4.78, 5) is 0. The molecule has 0 aromatic rings. The van der Waals surface area contributed by atoms with Crippen LogP contribution in [-0.2, 0) is 13.8 Å². The minimum atomic E-state index is -2.33. The second-order valence-electron chi connectivity index (χ2n) is 4.00. The van der Waals surface area contributed by atoms with E-state index in [1.807, 2.05) is 0 Å². The Labute approximate surface area is 80.3 Å². The second kappa shape index (κ2) is 4.59. The van der Waals surface area contributed by atoms with Gasteiger partial charge in [0.25, 0.3) is 0 Å². The van der Waals surface area contributed by atoms with Crippen molar-refractivity contribution in [1.82, 2.24) is 0 Å². The maximum absolute atomic E-state index is 11.4. The standard InChI is InChI=1S/C9H19O3P/c1-11-8-5-4-6-9(7-8)12-13(2,3)10/h8-9H,4-7H2,1-3H3. The number of hydrogen-bond donors (Lipinski definition) is 0. The maximum Gasteiger partial charge on any atom is 0.197 e. The van der Waals surface area contributed by atoms with E-state index >= 15 is 0 Å². The van der Waals surface area contributed by atoms with Crippen molar-refractivity contribution in [1.29, 1.82) is 0 Å². The molecule has 4 heteroatoms. The summed E-state index contributed by atoms with van der Waals surface area (Å²) in [5.41, 5.74) is 0. The molecule has 3 nitrogen and oxygen atoms in total. The zero-order valence-corrected chi connectivity index (χ0v) is 9.55. The quantitative estimate of drug-likeness (QED) is 0.665. The fraction of sp³-hybridized carbons (Fsp3) is 1.00. The van der Waals surface area contributed by atoms with Gasteiger partial charge in [-0.25, -0.2) is 0 Å². The lowest BCUT2D eigenvalue weighted by atomic mass is 9.95. The van der Waals surface area contributed by atoms with Gasteiger partial charge in [-0.05, 0) is 19.3 Å². The summed E-state index contributed by atoms with van der Waals surface area (Å²) in [5, 5.41) is 0. The monoisotopic (exact) mass is 206 g/mol. The molecule has 2 unspecified atom stereocenters. The van der Waals surface area contributed by atoms with Crippen LogP contribution in [0.3, 0.4) is 0 Å². The summed E-state index contributed by atoms with van der Waals surface area (Å²) in [5.74, 6) is 0. The van der Waals surface area contributed by atoms with Crippen molar-refractivity contribution in [3.05, 3.63) is 0 Å². The normalized spacial score (nSPS) is 30.4. The molecule has 13 heavy (non-hydrogen) atoms. The van der Waals surface area contributed by atoms with Crippen LogP contribution in [0.2, 0.25) is 0 Å². The van der Waals surface area contributed by atoms with Crippen LogP contribution in [0.4, 0.5) is 0 Å². The van der Waals surface area contributed by atoms with Crippen molar-refractivity contribution in [3.63, 3.8) is 0 Å². The molecular weight excluding hydrogens is 187 g/mol. The van der Waals surface area contributed by atoms with Gasteiger partial charge in [0.05, 0.1) is 12.2 Å². The molecule has 0 heterocycles. The highest BCUT2D eigenvalue weighted by Gasteiger charge is 2.25. The van der Waals surface area contributed by atoms with Crippen molar-refractivity contribution < 1.29 is 13.8 Å². The van der Waals surface area contributed by atoms with Gasteiger partial charge in [-0.15, -0.1) is 0 Å². The molecule has 1 saturated carbocycles. The molecule has 0 amide bonds. The molecule has 0 radical (unpaired) electrons. The van der Waals surface area contributed by atoms with E-state index in [0.717, 1.165) is 25.7 Å². The fourth-order valence-electron chi connectivity index (χ4n) is 1.77. The zero-order chi connectivity index (χ0) is 9.90. The minimum Gasteiger partial charge on any atom is -0.381 e. The number of ether oxygens (including phenoxy) is 1. The van der Waals surface area contributed by atoms with Gasteiger partial charge >= 0.3 is 0 Å². The van der Waals surface area contributed by atoms with Gasteiger partial charge in [0.2, 0.25) is 0 Å². The lowest BCUT2D eigenvalue weighted by Gasteiger charge is -2.29. The van der Waals surface area contributed by atoms with E-state index in [0.29, 0.717) is 6.10 Å². The molecular formula is C9H19O3P. The average molecular weight is 206 g/mol. The van der Waals surface area contributed by atoms with Gasteiger partial charge in [0.15, 0.2) is 7.37 Å². The number of rotatable bonds is 3. The predicted molar refractivity (Wildman–Crippen MR) is 53.6 cm³/mol. The van der Waals surface area contributed by atoms with Gasteiger partial charge in [0, 0.05) is 26.9 Å². The van der Waals surface area contributed by atoms with E-state index in [4.69, 9.17) is 9.26 Å². The van der Waals surface area contributed by atoms with E-state index in [1.54, 1.807) is 20.4 Å². The topological polar surface area (TPSA) is 35.5 Å². The van der Waals surface area contributed by atoms with Gasteiger partial charge in [-0.2, -0.15) is 0 Å². The smallest absolute Gasteiger partial charge is 0.197 e. The van der Waals surface area contributed by atoms with E-state index in [9.17, 15) is 4.57 Å². The molecule has 0 spiro atoms. The zero-order valence-electron chi connectivity index (χ0n) is 8.66. The fourth-order valence-corrected chi connectivity index (χ4v) is 2.68. The third-order valence-electron chi connectivity index (χ3n) is 2.31. The lowest BCUT2D eigenvalue weighted by molar-refractivity contribution is 0.0226. The lowest BCUT2D eigenvalue weighted by Crippen LogP contribution is -2.26. The molecule has 0 aliphatic heterocycles. The number of methoxy groups -OCH3 is 1. The highest BCUT2D eigenvalue weighted by atomic mass is 31.2. The minimum absolute atomic E-state index is 0.138. The van der Waals surface area contributed by atoms with Crippen LogP contribution in [0, 0.1) is 0 Å². The molecule has 78 valence electrons. The summed E-state index contributed by atoms with van der Waals surface area (Å²) < 4.78 is 22.2. The van der Waals surface area contributed by atoms with Crippen molar-refractivity contribution in [2.75, 3.05) is 20.4 Å². The Hall–Kier alpha value is 0.150. The highest BCUT2D eigenvalue weighted by molar-refractivity contribution is 7.57. The van der Waals surface area contributed by atoms with Gasteiger partial charge in [-0.3, -0.25) is 4.57 Å². The van der Waals surface area contributed by atoms with E-state index in [1.165, 1.54) is 0 Å². The van der Waals surface area contributed by atoms with Crippen molar-refractivity contribution in [2.24, 2.45) is 0 Å². The van der Waals surface area contributed by atoms with Crippen LogP contribution in [0.25, 0.3) is 0 Å². The Morgan fingerprint density at radius 2 is 1.85 bits per heavy atom. The van der Waals surface area contributed by atoms with E-state index < -0.39 is 7.37 Å². The van der Waals surface area contributed by atoms with Crippen LogP contribution >= 0.6 is 7.37 Å². The first-order chi connectivity index (χ1) is 6.01. The molecule has 0 N–H and O–H groups in total. The van der Waals surface area contributed by atoms with Crippen molar-refractivity contribution in [3.8, 4) is 0 Å². The summed E-state index contributed by atoms with van der Waals surface area (Å²) in [6.45, 7) is 3.34. The Morgan fingerprint density at radius 1 is 1.23 bits per heavy atom. The molecule has 1 aliphatic rings. The molecule has 1 aliphatic carbocycles. The van der Waals surface area contributed by atoms with Gasteiger partial charge < -0.3 is 9.26 Å². The largest absolute Gasteiger partial charge is 0.381 e. The summed E-state index contributed by atoms with van der Waals surface area (Å²) in [6.07, 6.45) is 4.56. The van der Waals surface area contributed by atoms with Crippen LogP contribution in [-0.4, -0.2) is 32.6 Å². The highest BCUT2D eigenvalue weighted by Crippen LogP contribution is 2.42. The first-order valence-corrected chi connectivity index (χ1v) is 7.29. The molecule has 0 bridgehead atoms. The van der Waals surface area contributed by atoms with Crippen LogP contribution in [0.5, 0.6) is 0 Å². The second-order valence-corrected chi connectivity index (χ2v) is 6.72. The molecule has 1 fully saturated rings. The predicted octanol–water partition coefficient (Wildman–Crippen LogP) is 2.50. The summed E-state index contributed by atoms with van der Waals surface area (Å²) >= 11 is 0. The van der Waals surface area contributed by atoms with Crippen molar-refractivity contribution in [2.45, 2.75) is 37.9 Å². The molecule has 1 rings (SSSR count). The molecule has 0 aromatic heterocycles. The third-order valence-corrected chi connectivity index (χ3v) is 3.12. The SMILES string of the molecule is COC1CCCC(OP(C)(C)=O)C1. The van der Waals surface area contributed by atoms with Gasteiger partial charge in [-0.1, -0.05) is 0 Å². The van der Waals surface area contributed by atoms with Crippen LogP contribution in [0.15, 0.2) is 0 Å². The Bertz CT molecular complexity index is 199. The average Bonchev–Trinajstić information content (AvgIpc) is 2.01. The van der Waals surface area contributed by atoms with E-state index in [2.05, 4.69) is 0 Å². The third kappa shape index (κ3) is 4.26. The van der Waals surface area contributed by atoms with Crippen molar-refractivity contribution >= 4 is 7.37 Å². The summed E-state index contributed by atoms with van der Waals surface area (Å²) in [6, 6.07) is 0. The first kappa shape index (κ1) is 11.2. The molecule has 2 atom stereocenters. The number of hydrogen-bond acceptors (Lipinski definition) is 3. The Kier molecular flexibility index (Phi) is 3.96. The first-order valence-electron chi connectivity index (χ1n) is 4.77. The van der Waals surface area contributed by atoms with Crippen LogP contribution < -0.4 is 0 Å². The summed E-state index contributed by atoms with van der Waals surface area (Å²) in [7, 11) is -0.600. The molecule has 0 saturated heterocycles. The van der Waals surface area contributed by atoms with Crippen LogP contribution in [0.1, 0.15) is 25.7 Å². The Balaban J connectivity index is 2.38.